The summed E-state index contributed by atoms with van der Waals surface area (Å²) in [5.41, 5.74) is 0.919. The average molecular weight is 391 g/mol. The van der Waals surface area contributed by atoms with Gasteiger partial charge in [0.2, 0.25) is 5.91 Å². The van der Waals surface area contributed by atoms with Crippen molar-refractivity contribution >= 4 is 24.3 Å². The van der Waals surface area contributed by atoms with Crippen molar-refractivity contribution in [1.82, 2.24) is 10.2 Å². The van der Waals surface area contributed by atoms with E-state index >= 15 is 0 Å². The third kappa shape index (κ3) is 5.98. The summed E-state index contributed by atoms with van der Waals surface area (Å²) in [6.07, 6.45) is 1.41. The van der Waals surface area contributed by atoms with E-state index in [1.54, 1.807) is 4.90 Å². The number of carboxylic acid groups (broad SMARTS) is 1. The molecule has 1 fully saturated rings. The van der Waals surface area contributed by atoms with Gasteiger partial charge in [0, 0.05) is 6.54 Å². The molecule has 0 bridgehead atoms. The first-order chi connectivity index (χ1) is 12.6. The van der Waals surface area contributed by atoms with Crippen LogP contribution in [0.25, 0.3) is 0 Å². The molecule has 0 saturated carbocycles. The standard InChI is InChI=1S/C20H22N2O4.ClH/c23-19(14-22-11-5-10-18(22)20(24)25)21-13-15-6-4-9-17(12-15)26-16-7-2-1-3-8-16;/h1-4,6-9,12,18H,5,10-11,13-14H2,(H,21,23)(H,24,25);1H/t18-;/m0./s1. The lowest BCUT2D eigenvalue weighted by molar-refractivity contribution is -0.142. The molecule has 1 saturated heterocycles. The Morgan fingerprint density at radius 1 is 1.11 bits per heavy atom. The van der Waals surface area contributed by atoms with Crippen molar-refractivity contribution in [2.24, 2.45) is 0 Å². The van der Waals surface area contributed by atoms with E-state index < -0.39 is 12.0 Å². The van der Waals surface area contributed by atoms with E-state index in [0.29, 0.717) is 25.3 Å². The van der Waals surface area contributed by atoms with Crippen molar-refractivity contribution in [3.8, 4) is 11.5 Å². The Kier molecular flexibility index (Phi) is 7.64. The Morgan fingerprint density at radius 2 is 1.85 bits per heavy atom. The van der Waals surface area contributed by atoms with Crippen LogP contribution in [0.4, 0.5) is 0 Å². The minimum Gasteiger partial charge on any atom is -0.480 e. The second-order valence-electron chi connectivity index (χ2n) is 6.31. The van der Waals surface area contributed by atoms with Crippen LogP contribution in [0.15, 0.2) is 54.6 Å². The number of hydrogen-bond acceptors (Lipinski definition) is 4. The van der Waals surface area contributed by atoms with E-state index in [-0.39, 0.29) is 24.9 Å². The third-order valence-corrected chi connectivity index (χ3v) is 4.36. The van der Waals surface area contributed by atoms with Crippen LogP contribution >= 0.6 is 12.4 Å². The summed E-state index contributed by atoms with van der Waals surface area (Å²) < 4.78 is 5.79. The number of halogens is 1. The molecule has 2 aromatic rings. The number of amides is 1. The quantitative estimate of drug-likeness (QED) is 0.759. The largest absolute Gasteiger partial charge is 0.480 e. The van der Waals surface area contributed by atoms with Crippen LogP contribution < -0.4 is 10.1 Å². The zero-order chi connectivity index (χ0) is 18.4. The fourth-order valence-electron chi connectivity index (χ4n) is 3.08. The Labute approximate surface area is 164 Å². The van der Waals surface area contributed by atoms with Crippen LogP contribution in [-0.2, 0) is 16.1 Å². The average Bonchev–Trinajstić information content (AvgIpc) is 3.09. The summed E-state index contributed by atoms with van der Waals surface area (Å²) in [5.74, 6) is 0.421. The molecular weight excluding hydrogens is 368 g/mol. The van der Waals surface area contributed by atoms with Gasteiger partial charge in [-0.2, -0.15) is 0 Å². The fourth-order valence-corrected chi connectivity index (χ4v) is 3.08. The maximum atomic E-state index is 12.1. The van der Waals surface area contributed by atoms with Gasteiger partial charge in [-0.1, -0.05) is 30.3 Å². The van der Waals surface area contributed by atoms with Crippen LogP contribution in [0.1, 0.15) is 18.4 Å². The zero-order valence-electron chi connectivity index (χ0n) is 14.8. The van der Waals surface area contributed by atoms with Gasteiger partial charge >= 0.3 is 5.97 Å². The second-order valence-corrected chi connectivity index (χ2v) is 6.31. The molecule has 1 atom stereocenters. The molecule has 2 N–H and O–H groups in total. The Bertz CT molecular complexity index is 770. The molecule has 0 radical (unpaired) electrons. The summed E-state index contributed by atoms with van der Waals surface area (Å²) in [5, 5.41) is 12.0. The van der Waals surface area contributed by atoms with Gasteiger partial charge in [-0.05, 0) is 49.2 Å². The summed E-state index contributed by atoms with van der Waals surface area (Å²) in [6.45, 7) is 1.12. The maximum absolute atomic E-state index is 12.1. The van der Waals surface area contributed by atoms with Crippen molar-refractivity contribution < 1.29 is 19.4 Å². The molecule has 3 rings (SSSR count). The molecule has 1 aliphatic rings. The van der Waals surface area contributed by atoms with E-state index in [2.05, 4.69) is 5.32 Å². The molecule has 2 aromatic carbocycles. The van der Waals surface area contributed by atoms with E-state index in [1.807, 2.05) is 54.6 Å². The molecule has 27 heavy (non-hydrogen) atoms. The van der Waals surface area contributed by atoms with Crippen molar-refractivity contribution in [1.29, 1.82) is 0 Å². The Hall–Kier alpha value is -2.57. The minimum absolute atomic E-state index is 0. The number of aliphatic carboxylic acids is 1. The van der Waals surface area contributed by atoms with Gasteiger partial charge in [-0.15, -0.1) is 12.4 Å². The van der Waals surface area contributed by atoms with Gasteiger partial charge < -0.3 is 15.2 Å². The summed E-state index contributed by atoms with van der Waals surface area (Å²) in [4.78, 5) is 25.0. The van der Waals surface area contributed by atoms with Crippen molar-refractivity contribution in [3.05, 3.63) is 60.2 Å². The van der Waals surface area contributed by atoms with Crippen LogP contribution in [-0.4, -0.2) is 41.0 Å². The highest BCUT2D eigenvalue weighted by molar-refractivity contribution is 5.85. The van der Waals surface area contributed by atoms with Crippen LogP contribution in [0.2, 0.25) is 0 Å². The molecule has 0 unspecified atom stereocenters. The molecule has 6 nitrogen and oxygen atoms in total. The number of carboxylic acids is 1. The SMILES string of the molecule is Cl.O=C(CN1CCC[C@H]1C(=O)O)NCc1cccc(Oc2ccccc2)c1. The monoisotopic (exact) mass is 390 g/mol. The number of hydrogen-bond donors (Lipinski definition) is 2. The normalized spacial score (nSPS) is 16.4. The number of nitrogens with zero attached hydrogens (tertiary/aromatic N) is 1. The smallest absolute Gasteiger partial charge is 0.320 e. The van der Waals surface area contributed by atoms with Crippen LogP contribution in [0.3, 0.4) is 0 Å². The lowest BCUT2D eigenvalue weighted by Gasteiger charge is -2.20. The number of benzene rings is 2. The first-order valence-corrected chi connectivity index (χ1v) is 8.67. The van der Waals surface area contributed by atoms with Crippen molar-refractivity contribution in [2.45, 2.75) is 25.4 Å². The van der Waals surface area contributed by atoms with Crippen molar-refractivity contribution in [2.75, 3.05) is 13.1 Å². The molecule has 0 aromatic heterocycles. The highest BCUT2D eigenvalue weighted by Gasteiger charge is 2.31. The minimum atomic E-state index is -0.860. The maximum Gasteiger partial charge on any atom is 0.320 e. The highest BCUT2D eigenvalue weighted by atomic mass is 35.5. The first kappa shape index (κ1) is 20.7. The highest BCUT2D eigenvalue weighted by Crippen LogP contribution is 2.22. The van der Waals surface area contributed by atoms with E-state index in [0.717, 1.165) is 17.7 Å². The summed E-state index contributed by atoms with van der Waals surface area (Å²) in [6, 6.07) is 16.5. The van der Waals surface area contributed by atoms with Gasteiger partial charge in [0.1, 0.15) is 17.5 Å². The predicted molar refractivity (Wildman–Crippen MR) is 104 cm³/mol. The fraction of sp³-hybridized carbons (Fsp3) is 0.300. The van der Waals surface area contributed by atoms with Gasteiger partial charge in [0.15, 0.2) is 0 Å². The van der Waals surface area contributed by atoms with Gasteiger partial charge in [0.25, 0.3) is 0 Å². The third-order valence-electron chi connectivity index (χ3n) is 4.36. The summed E-state index contributed by atoms with van der Waals surface area (Å²) >= 11 is 0. The topological polar surface area (TPSA) is 78.9 Å². The van der Waals surface area contributed by atoms with Crippen LogP contribution in [0, 0.1) is 0 Å². The molecule has 1 amide bonds. The molecular formula is C20H23ClN2O4. The first-order valence-electron chi connectivity index (χ1n) is 8.67. The zero-order valence-corrected chi connectivity index (χ0v) is 15.7. The predicted octanol–water partition coefficient (Wildman–Crippen LogP) is 3.07. The number of likely N-dealkylation sites (tertiary alicyclic amines) is 1. The number of para-hydroxylation sites is 1. The lowest BCUT2D eigenvalue weighted by Crippen LogP contribution is -2.42. The van der Waals surface area contributed by atoms with Crippen LogP contribution in [0.5, 0.6) is 11.5 Å². The Morgan fingerprint density at radius 3 is 2.59 bits per heavy atom. The number of nitrogens with one attached hydrogen (secondary N) is 1. The van der Waals surface area contributed by atoms with E-state index in [1.165, 1.54) is 0 Å². The number of carbonyl (C=O) groups excluding carboxylic acids is 1. The van der Waals surface area contributed by atoms with Gasteiger partial charge in [-0.3, -0.25) is 14.5 Å². The summed E-state index contributed by atoms with van der Waals surface area (Å²) in [7, 11) is 0. The molecule has 144 valence electrons. The number of ether oxygens (including phenoxy) is 1. The van der Waals surface area contributed by atoms with Gasteiger partial charge in [-0.25, -0.2) is 0 Å². The number of rotatable bonds is 7. The molecule has 1 heterocycles. The van der Waals surface area contributed by atoms with E-state index in [4.69, 9.17) is 9.84 Å². The Balaban J connectivity index is 0.00000261. The van der Waals surface area contributed by atoms with Gasteiger partial charge in [0.05, 0.1) is 6.54 Å². The molecule has 7 heteroatoms. The molecule has 1 aliphatic heterocycles. The molecule has 0 spiro atoms. The second kappa shape index (κ2) is 9.94. The lowest BCUT2D eigenvalue weighted by atomic mass is 10.2. The molecule has 0 aliphatic carbocycles. The number of carbonyl (C=O) groups is 2. The van der Waals surface area contributed by atoms with E-state index in [9.17, 15) is 9.59 Å². The van der Waals surface area contributed by atoms with Crippen molar-refractivity contribution in [3.63, 3.8) is 0 Å².